The van der Waals surface area contributed by atoms with E-state index in [1.807, 2.05) is 6.92 Å². The van der Waals surface area contributed by atoms with Gasteiger partial charge in [-0.15, -0.1) is 5.11 Å². The van der Waals surface area contributed by atoms with Crippen molar-refractivity contribution in [3.05, 3.63) is 0 Å². The summed E-state index contributed by atoms with van der Waals surface area (Å²) < 4.78 is 0. The summed E-state index contributed by atoms with van der Waals surface area (Å²) in [5.41, 5.74) is 0. The third kappa shape index (κ3) is 5.07. The van der Waals surface area contributed by atoms with Crippen molar-refractivity contribution < 1.29 is 0 Å². The topological polar surface area (TPSA) is 63.1 Å². The van der Waals surface area contributed by atoms with E-state index in [4.69, 9.17) is 0 Å². The third-order valence-electron chi connectivity index (χ3n) is 0.409. The van der Waals surface area contributed by atoms with Crippen molar-refractivity contribution in [3.63, 3.8) is 0 Å². The van der Waals surface area contributed by atoms with Gasteiger partial charge in [0.1, 0.15) is 0 Å². The Hall–Kier alpha value is -0.930. The molecule has 0 aromatic rings. The highest BCUT2D eigenvalue weighted by atomic mass is 15.3. The van der Waals surface area contributed by atoms with Gasteiger partial charge in [0.05, 0.1) is 0 Å². The molecule has 0 amide bonds. The van der Waals surface area contributed by atoms with Crippen molar-refractivity contribution in [2.45, 2.75) is 6.92 Å². The first kappa shape index (κ1) is 6.07. The Kier molecular flexibility index (Phi) is 4.40. The molecular weight excluding hydrogens is 92.1 g/mol. The Labute approximate surface area is 42.1 Å². The van der Waals surface area contributed by atoms with Gasteiger partial charge in [-0.1, -0.05) is 5.22 Å². The fourth-order valence-corrected chi connectivity index (χ4v) is 0.155. The minimum absolute atomic E-state index is 0.340. The van der Waals surface area contributed by atoms with Crippen LogP contribution in [-0.4, -0.2) is 12.9 Å². The second-order valence-corrected chi connectivity index (χ2v) is 0.839. The van der Waals surface area contributed by atoms with Crippen molar-refractivity contribution >= 4 is 6.21 Å². The maximum atomic E-state index is 4.65. The molecule has 2 N–H and O–H groups in total. The molecule has 0 unspecified atom stereocenters. The van der Waals surface area contributed by atoms with Crippen LogP contribution in [0.3, 0.4) is 0 Å². The van der Waals surface area contributed by atoms with Crippen LogP contribution in [0.1, 0.15) is 6.92 Å². The molecule has 0 aliphatic rings. The quantitative estimate of drug-likeness (QED) is 0.231. The summed E-state index contributed by atoms with van der Waals surface area (Å²) in [6, 6.07) is 0. The van der Waals surface area contributed by atoms with Crippen LogP contribution in [0.25, 0.3) is 0 Å². The molecule has 0 heterocycles. The zero-order valence-electron chi connectivity index (χ0n) is 4.20. The zero-order chi connectivity index (χ0) is 5.54. The molecule has 7 heavy (non-hydrogen) atoms. The average Bonchev–Trinajstić information content (AvgIpc) is 1.69. The second-order valence-electron chi connectivity index (χ2n) is 0.839. The predicted octanol–water partition coefficient (Wildman–Crippen LogP) is 0.361. The van der Waals surface area contributed by atoms with E-state index < -0.39 is 0 Å². The minimum Gasteiger partial charge on any atom is -0.305 e. The first-order chi connectivity index (χ1) is 3.41. The van der Waals surface area contributed by atoms with Crippen LogP contribution < -0.4 is 5.84 Å². The molecule has 4 nitrogen and oxygen atoms in total. The lowest BCUT2D eigenvalue weighted by atomic mass is 10.9. The normalized spacial score (nSPS) is 11.6. The maximum Gasteiger partial charge on any atom is 0.151 e. The molecule has 0 aromatic carbocycles. The van der Waals surface area contributed by atoms with Crippen molar-refractivity contribution in [1.82, 2.24) is 0 Å². The van der Waals surface area contributed by atoms with Gasteiger partial charge in [0, 0.05) is 0 Å². The molecule has 0 aliphatic heterocycles. The molecule has 40 valence electrons. The standard InChI is InChI=1S/C3H8N4/c1-2-5-3-6-7-4/h2H,3H2,1H3,(H2,4,6). The number of rotatable bonds is 2. The van der Waals surface area contributed by atoms with E-state index in [1.165, 1.54) is 0 Å². The lowest BCUT2D eigenvalue weighted by Gasteiger charge is -1.74. The number of nitrogens with two attached hydrogens (primary N) is 1. The highest BCUT2D eigenvalue weighted by Gasteiger charge is 1.62. The number of aliphatic imine (C=N–C) groups is 1. The summed E-state index contributed by atoms with van der Waals surface area (Å²) in [7, 11) is 0. The zero-order valence-corrected chi connectivity index (χ0v) is 4.20. The maximum absolute atomic E-state index is 4.65. The lowest BCUT2D eigenvalue weighted by Crippen LogP contribution is -1.77. The molecule has 0 saturated carbocycles. The van der Waals surface area contributed by atoms with Crippen LogP contribution in [0.5, 0.6) is 0 Å². The average molecular weight is 100 g/mol. The first-order valence-electron chi connectivity index (χ1n) is 1.93. The number of hydrogen-bond acceptors (Lipinski definition) is 3. The van der Waals surface area contributed by atoms with Gasteiger partial charge in [-0.2, -0.15) is 0 Å². The van der Waals surface area contributed by atoms with E-state index in [9.17, 15) is 0 Å². The fourth-order valence-electron chi connectivity index (χ4n) is 0.155. The van der Waals surface area contributed by atoms with Gasteiger partial charge in [0.25, 0.3) is 0 Å². The minimum atomic E-state index is 0.340. The first-order valence-corrected chi connectivity index (χ1v) is 1.93. The van der Waals surface area contributed by atoms with Gasteiger partial charge in [0.15, 0.2) is 6.67 Å². The summed E-state index contributed by atoms with van der Waals surface area (Å²) >= 11 is 0. The summed E-state index contributed by atoms with van der Waals surface area (Å²) in [6.45, 7) is 2.15. The molecule has 0 aromatic heterocycles. The van der Waals surface area contributed by atoms with Crippen LogP contribution >= 0.6 is 0 Å². The van der Waals surface area contributed by atoms with E-state index in [-0.39, 0.29) is 0 Å². The Morgan fingerprint density at radius 3 is 2.86 bits per heavy atom. The van der Waals surface area contributed by atoms with E-state index in [1.54, 1.807) is 6.21 Å². The van der Waals surface area contributed by atoms with Crippen LogP contribution in [0, 0.1) is 0 Å². The van der Waals surface area contributed by atoms with E-state index in [0.29, 0.717) is 6.67 Å². The lowest BCUT2D eigenvalue weighted by molar-refractivity contribution is 0.905. The molecule has 0 spiro atoms. The van der Waals surface area contributed by atoms with Gasteiger partial charge in [-0.25, -0.2) is 0 Å². The van der Waals surface area contributed by atoms with Crippen LogP contribution in [-0.2, 0) is 0 Å². The van der Waals surface area contributed by atoms with E-state index >= 15 is 0 Å². The molecule has 0 fully saturated rings. The summed E-state index contributed by atoms with van der Waals surface area (Å²) in [6.07, 6.45) is 1.65. The highest BCUT2D eigenvalue weighted by molar-refractivity contribution is 5.52. The molecule has 0 saturated heterocycles. The molecule has 0 radical (unpaired) electrons. The van der Waals surface area contributed by atoms with Crippen molar-refractivity contribution in [1.29, 1.82) is 0 Å². The molecule has 0 aliphatic carbocycles. The monoisotopic (exact) mass is 100 g/mol. The molecular formula is C3H8N4. The second kappa shape index (κ2) is 5.07. The third-order valence-corrected chi connectivity index (χ3v) is 0.409. The Balaban J connectivity index is 2.98. The van der Waals surface area contributed by atoms with E-state index in [2.05, 4.69) is 21.2 Å². The van der Waals surface area contributed by atoms with Crippen molar-refractivity contribution in [2.24, 2.45) is 21.2 Å². The Bertz CT molecular complexity index is 65.0. The highest BCUT2D eigenvalue weighted by Crippen LogP contribution is 1.67. The van der Waals surface area contributed by atoms with Crippen molar-refractivity contribution in [2.75, 3.05) is 6.67 Å². The van der Waals surface area contributed by atoms with E-state index in [0.717, 1.165) is 0 Å². The van der Waals surface area contributed by atoms with Gasteiger partial charge in [-0.3, -0.25) is 4.99 Å². The predicted molar refractivity (Wildman–Crippen MR) is 28.1 cm³/mol. The molecule has 4 heteroatoms. The summed E-state index contributed by atoms with van der Waals surface area (Å²) in [5.74, 6) is 4.65. The SMILES string of the molecule is CC=NCN=NN. The Morgan fingerprint density at radius 1 is 1.71 bits per heavy atom. The number of hydrogen-bond donors (Lipinski definition) is 1. The van der Waals surface area contributed by atoms with Gasteiger partial charge >= 0.3 is 0 Å². The molecule has 0 rings (SSSR count). The molecule has 0 atom stereocenters. The Morgan fingerprint density at radius 2 is 2.43 bits per heavy atom. The van der Waals surface area contributed by atoms with Crippen LogP contribution in [0.15, 0.2) is 15.3 Å². The van der Waals surface area contributed by atoms with Gasteiger partial charge in [-0.05, 0) is 13.1 Å². The molecule has 0 bridgehead atoms. The fraction of sp³-hybridized carbons (Fsp3) is 0.667. The largest absolute Gasteiger partial charge is 0.305 e. The van der Waals surface area contributed by atoms with Crippen LogP contribution in [0.2, 0.25) is 0 Å². The smallest absolute Gasteiger partial charge is 0.151 e. The van der Waals surface area contributed by atoms with Gasteiger partial charge < -0.3 is 5.84 Å². The van der Waals surface area contributed by atoms with Crippen LogP contribution in [0.4, 0.5) is 0 Å². The summed E-state index contributed by atoms with van der Waals surface area (Å²) in [5, 5.41) is 6.35. The van der Waals surface area contributed by atoms with Gasteiger partial charge in [0.2, 0.25) is 0 Å². The van der Waals surface area contributed by atoms with Crippen molar-refractivity contribution in [3.8, 4) is 0 Å². The summed E-state index contributed by atoms with van der Waals surface area (Å²) in [4.78, 5) is 3.70. The number of nitrogens with zero attached hydrogens (tertiary/aromatic N) is 3.